The molecule has 1 N–H and O–H groups in total. The van der Waals surface area contributed by atoms with Crippen molar-refractivity contribution in [2.75, 3.05) is 27.2 Å². The lowest BCUT2D eigenvalue weighted by atomic mass is 10.3. The standard InChI is InChI=1S/C9H16N2O/c1-10-4-5-11(2)7-9-3-6-12-8-9/h3,6,8,10H,4-5,7H2,1-2H3. The van der Waals surface area contributed by atoms with E-state index in [1.807, 2.05) is 13.1 Å². The van der Waals surface area contributed by atoms with Crippen LogP contribution in [0.15, 0.2) is 23.0 Å². The van der Waals surface area contributed by atoms with Gasteiger partial charge in [-0.3, -0.25) is 0 Å². The SMILES string of the molecule is CNCCN(C)Cc1ccoc1. The molecule has 0 aromatic carbocycles. The van der Waals surface area contributed by atoms with E-state index < -0.39 is 0 Å². The van der Waals surface area contributed by atoms with Gasteiger partial charge in [-0.25, -0.2) is 0 Å². The molecule has 1 heterocycles. The Bertz CT molecular complexity index is 196. The summed E-state index contributed by atoms with van der Waals surface area (Å²) in [5.41, 5.74) is 1.23. The fourth-order valence-electron chi connectivity index (χ4n) is 1.08. The second-order valence-electron chi connectivity index (χ2n) is 2.97. The second-order valence-corrected chi connectivity index (χ2v) is 2.97. The number of rotatable bonds is 5. The summed E-state index contributed by atoms with van der Waals surface area (Å²) >= 11 is 0. The van der Waals surface area contributed by atoms with E-state index in [0.717, 1.165) is 19.6 Å². The van der Waals surface area contributed by atoms with Crippen LogP contribution in [-0.4, -0.2) is 32.1 Å². The number of nitrogens with one attached hydrogen (secondary N) is 1. The van der Waals surface area contributed by atoms with Gasteiger partial charge in [0.2, 0.25) is 0 Å². The summed E-state index contributed by atoms with van der Waals surface area (Å²) in [5.74, 6) is 0. The Morgan fingerprint density at radius 1 is 1.58 bits per heavy atom. The zero-order chi connectivity index (χ0) is 8.81. The monoisotopic (exact) mass is 168 g/mol. The third kappa shape index (κ3) is 3.07. The molecule has 0 saturated heterocycles. The van der Waals surface area contributed by atoms with Gasteiger partial charge >= 0.3 is 0 Å². The van der Waals surface area contributed by atoms with Gasteiger partial charge in [0.25, 0.3) is 0 Å². The third-order valence-corrected chi connectivity index (χ3v) is 1.78. The molecule has 12 heavy (non-hydrogen) atoms. The fraction of sp³-hybridized carbons (Fsp3) is 0.556. The number of hydrogen-bond acceptors (Lipinski definition) is 3. The fourth-order valence-corrected chi connectivity index (χ4v) is 1.08. The quantitative estimate of drug-likeness (QED) is 0.709. The molecular weight excluding hydrogens is 152 g/mol. The van der Waals surface area contributed by atoms with Gasteiger partial charge in [0, 0.05) is 25.2 Å². The van der Waals surface area contributed by atoms with Gasteiger partial charge in [-0.1, -0.05) is 0 Å². The van der Waals surface area contributed by atoms with Crippen molar-refractivity contribution in [3.05, 3.63) is 24.2 Å². The molecular formula is C9H16N2O. The number of nitrogens with zero attached hydrogens (tertiary/aromatic N) is 1. The van der Waals surface area contributed by atoms with E-state index in [9.17, 15) is 0 Å². The minimum Gasteiger partial charge on any atom is -0.472 e. The largest absolute Gasteiger partial charge is 0.472 e. The lowest BCUT2D eigenvalue weighted by Crippen LogP contribution is -2.26. The first-order chi connectivity index (χ1) is 5.83. The van der Waals surface area contributed by atoms with Crippen LogP contribution >= 0.6 is 0 Å². The molecule has 0 aliphatic heterocycles. The van der Waals surface area contributed by atoms with Crippen molar-refractivity contribution in [2.45, 2.75) is 6.54 Å². The predicted molar refractivity (Wildman–Crippen MR) is 49.0 cm³/mol. The molecule has 0 aliphatic rings. The Balaban J connectivity index is 2.22. The molecule has 0 saturated carbocycles. The molecule has 1 aromatic heterocycles. The van der Waals surface area contributed by atoms with Crippen molar-refractivity contribution >= 4 is 0 Å². The van der Waals surface area contributed by atoms with E-state index in [1.54, 1.807) is 12.5 Å². The average molecular weight is 168 g/mol. The molecule has 3 heteroatoms. The van der Waals surface area contributed by atoms with Gasteiger partial charge in [0.05, 0.1) is 12.5 Å². The van der Waals surface area contributed by atoms with Crippen molar-refractivity contribution < 1.29 is 4.42 Å². The Hall–Kier alpha value is -0.800. The zero-order valence-corrected chi connectivity index (χ0v) is 7.71. The highest BCUT2D eigenvalue weighted by molar-refractivity contribution is 5.04. The topological polar surface area (TPSA) is 28.4 Å². The van der Waals surface area contributed by atoms with Crippen molar-refractivity contribution in [2.24, 2.45) is 0 Å². The van der Waals surface area contributed by atoms with Crippen LogP contribution in [-0.2, 0) is 6.54 Å². The highest BCUT2D eigenvalue weighted by atomic mass is 16.3. The summed E-state index contributed by atoms with van der Waals surface area (Å²) in [5, 5.41) is 3.11. The number of hydrogen-bond donors (Lipinski definition) is 1. The van der Waals surface area contributed by atoms with Crippen LogP contribution in [0.2, 0.25) is 0 Å². The molecule has 0 spiro atoms. The first-order valence-electron chi connectivity index (χ1n) is 4.17. The molecule has 0 aliphatic carbocycles. The lowest BCUT2D eigenvalue weighted by Gasteiger charge is -2.14. The van der Waals surface area contributed by atoms with E-state index in [0.29, 0.717) is 0 Å². The minimum atomic E-state index is 0.957. The van der Waals surface area contributed by atoms with Crippen molar-refractivity contribution in [1.29, 1.82) is 0 Å². The van der Waals surface area contributed by atoms with E-state index in [2.05, 4.69) is 17.3 Å². The molecule has 0 amide bonds. The summed E-state index contributed by atoms with van der Waals surface area (Å²) in [6.07, 6.45) is 3.50. The van der Waals surface area contributed by atoms with Crippen molar-refractivity contribution in [1.82, 2.24) is 10.2 Å². The van der Waals surface area contributed by atoms with E-state index in [-0.39, 0.29) is 0 Å². The first-order valence-corrected chi connectivity index (χ1v) is 4.17. The Morgan fingerprint density at radius 3 is 3.00 bits per heavy atom. The predicted octanol–water partition coefficient (Wildman–Crippen LogP) is 0.931. The smallest absolute Gasteiger partial charge is 0.0947 e. The maximum absolute atomic E-state index is 4.98. The number of likely N-dealkylation sites (N-methyl/N-ethyl adjacent to an activating group) is 2. The Labute approximate surface area is 73.4 Å². The molecule has 68 valence electrons. The molecule has 0 unspecified atom stereocenters. The normalized spacial score (nSPS) is 10.9. The van der Waals surface area contributed by atoms with Gasteiger partial charge in [-0.05, 0) is 20.2 Å². The van der Waals surface area contributed by atoms with Gasteiger partial charge in [-0.2, -0.15) is 0 Å². The van der Waals surface area contributed by atoms with Crippen LogP contribution in [0.4, 0.5) is 0 Å². The van der Waals surface area contributed by atoms with Crippen LogP contribution in [0.5, 0.6) is 0 Å². The summed E-state index contributed by atoms with van der Waals surface area (Å²) in [6, 6.07) is 2.00. The number of furan rings is 1. The lowest BCUT2D eigenvalue weighted by molar-refractivity contribution is 0.327. The molecule has 0 radical (unpaired) electrons. The van der Waals surface area contributed by atoms with Crippen molar-refractivity contribution in [3.8, 4) is 0 Å². The molecule has 0 fully saturated rings. The van der Waals surface area contributed by atoms with Crippen LogP contribution in [0.1, 0.15) is 5.56 Å². The summed E-state index contributed by atoms with van der Waals surface area (Å²) in [7, 11) is 4.07. The maximum atomic E-state index is 4.98. The molecule has 1 aromatic rings. The van der Waals surface area contributed by atoms with Crippen molar-refractivity contribution in [3.63, 3.8) is 0 Å². The molecule has 1 rings (SSSR count). The van der Waals surface area contributed by atoms with Crippen LogP contribution in [0.3, 0.4) is 0 Å². The minimum absolute atomic E-state index is 0.957. The molecule has 0 bridgehead atoms. The van der Waals surface area contributed by atoms with E-state index in [4.69, 9.17) is 4.42 Å². The van der Waals surface area contributed by atoms with Crippen LogP contribution in [0.25, 0.3) is 0 Å². The van der Waals surface area contributed by atoms with E-state index in [1.165, 1.54) is 5.56 Å². The molecule has 3 nitrogen and oxygen atoms in total. The van der Waals surface area contributed by atoms with Gasteiger partial charge in [-0.15, -0.1) is 0 Å². The third-order valence-electron chi connectivity index (χ3n) is 1.78. The maximum Gasteiger partial charge on any atom is 0.0947 e. The zero-order valence-electron chi connectivity index (χ0n) is 7.71. The Morgan fingerprint density at radius 2 is 2.42 bits per heavy atom. The highest BCUT2D eigenvalue weighted by Crippen LogP contribution is 2.02. The molecule has 0 atom stereocenters. The Kier molecular flexibility index (Phi) is 3.84. The van der Waals surface area contributed by atoms with Gasteiger partial charge in [0.15, 0.2) is 0 Å². The van der Waals surface area contributed by atoms with E-state index >= 15 is 0 Å². The summed E-state index contributed by atoms with van der Waals surface area (Å²) in [6.45, 7) is 3.04. The van der Waals surface area contributed by atoms with Crippen LogP contribution < -0.4 is 5.32 Å². The van der Waals surface area contributed by atoms with Gasteiger partial charge < -0.3 is 14.6 Å². The van der Waals surface area contributed by atoms with Gasteiger partial charge in [0.1, 0.15) is 0 Å². The second kappa shape index (κ2) is 4.95. The highest BCUT2D eigenvalue weighted by Gasteiger charge is 1.99. The van der Waals surface area contributed by atoms with Crippen LogP contribution in [0, 0.1) is 0 Å². The average Bonchev–Trinajstić information content (AvgIpc) is 2.53. The summed E-state index contributed by atoms with van der Waals surface area (Å²) in [4.78, 5) is 2.25. The summed E-state index contributed by atoms with van der Waals surface area (Å²) < 4.78 is 4.98. The first kappa shape index (κ1) is 9.29.